The average molecular weight is 300 g/mol. The Morgan fingerprint density at radius 1 is 1.09 bits per heavy atom. The first-order valence-corrected chi connectivity index (χ1v) is 8.60. The first-order chi connectivity index (χ1) is 10.7. The molecule has 0 N–H and O–H groups in total. The van der Waals surface area contributed by atoms with Crippen molar-refractivity contribution in [2.75, 3.05) is 31.1 Å². The highest BCUT2D eigenvalue weighted by atomic mass is 16.2. The minimum absolute atomic E-state index is 0.328. The molecule has 3 fully saturated rings. The van der Waals surface area contributed by atoms with Crippen molar-refractivity contribution in [3.05, 3.63) is 17.6 Å². The predicted molar refractivity (Wildman–Crippen MR) is 84.9 cm³/mol. The van der Waals surface area contributed by atoms with E-state index in [0.717, 1.165) is 62.8 Å². The summed E-state index contributed by atoms with van der Waals surface area (Å²) in [6.45, 7) is 5.65. The molecule has 0 aromatic carbocycles. The molecule has 5 heteroatoms. The van der Waals surface area contributed by atoms with Gasteiger partial charge in [-0.25, -0.2) is 9.97 Å². The molecule has 0 unspecified atom stereocenters. The van der Waals surface area contributed by atoms with Crippen molar-refractivity contribution in [2.45, 2.75) is 44.9 Å². The molecule has 22 heavy (non-hydrogen) atoms. The zero-order valence-electron chi connectivity index (χ0n) is 13.3. The van der Waals surface area contributed by atoms with Gasteiger partial charge in [0.1, 0.15) is 11.6 Å². The van der Waals surface area contributed by atoms with Crippen LogP contribution in [0.3, 0.4) is 0 Å². The van der Waals surface area contributed by atoms with E-state index in [1.165, 1.54) is 12.8 Å². The molecular formula is C17H24N4O. The zero-order valence-corrected chi connectivity index (χ0v) is 13.3. The molecule has 1 aromatic rings. The number of carbonyl (C=O) groups excluding carboxylic acids is 1. The lowest BCUT2D eigenvalue weighted by molar-refractivity contribution is -0.132. The third kappa shape index (κ3) is 2.94. The van der Waals surface area contributed by atoms with Gasteiger partial charge in [0, 0.05) is 49.8 Å². The van der Waals surface area contributed by atoms with Gasteiger partial charge < -0.3 is 9.80 Å². The second-order valence-electron chi connectivity index (χ2n) is 6.94. The number of amides is 1. The van der Waals surface area contributed by atoms with Crippen LogP contribution in [0.5, 0.6) is 0 Å². The van der Waals surface area contributed by atoms with Gasteiger partial charge in [-0.15, -0.1) is 0 Å². The number of aromatic nitrogens is 2. The van der Waals surface area contributed by atoms with E-state index in [0.29, 0.717) is 17.7 Å². The summed E-state index contributed by atoms with van der Waals surface area (Å²) in [5, 5.41) is 0. The summed E-state index contributed by atoms with van der Waals surface area (Å²) in [6, 6.07) is 2.09. The highest BCUT2D eigenvalue weighted by Crippen LogP contribution is 2.38. The maximum Gasteiger partial charge on any atom is 0.225 e. The van der Waals surface area contributed by atoms with Crippen LogP contribution in [0.25, 0.3) is 0 Å². The van der Waals surface area contributed by atoms with Gasteiger partial charge in [-0.2, -0.15) is 0 Å². The lowest BCUT2D eigenvalue weighted by atomic mass is 10.3. The largest absolute Gasteiger partial charge is 0.355 e. The Morgan fingerprint density at radius 3 is 2.64 bits per heavy atom. The molecule has 1 aromatic heterocycles. The maximum absolute atomic E-state index is 12.2. The molecule has 0 bridgehead atoms. The van der Waals surface area contributed by atoms with Gasteiger partial charge in [0.05, 0.1) is 0 Å². The van der Waals surface area contributed by atoms with Crippen molar-refractivity contribution in [3.8, 4) is 0 Å². The fourth-order valence-electron chi connectivity index (χ4n) is 3.22. The summed E-state index contributed by atoms with van der Waals surface area (Å²) < 4.78 is 0. The van der Waals surface area contributed by atoms with Crippen molar-refractivity contribution >= 4 is 11.7 Å². The molecular weight excluding hydrogens is 276 g/mol. The molecule has 1 saturated heterocycles. The van der Waals surface area contributed by atoms with Crippen LogP contribution in [0, 0.1) is 12.8 Å². The fourth-order valence-corrected chi connectivity index (χ4v) is 3.22. The molecule has 1 aliphatic heterocycles. The van der Waals surface area contributed by atoms with E-state index in [1.54, 1.807) is 0 Å². The van der Waals surface area contributed by atoms with Crippen LogP contribution in [-0.4, -0.2) is 47.0 Å². The van der Waals surface area contributed by atoms with Crippen LogP contribution in [0.15, 0.2) is 6.07 Å². The Morgan fingerprint density at radius 2 is 1.91 bits per heavy atom. The molecule has 0 spiro atoms. The van der Waals surface area contributed by atoms with Crippen molar-refractivity contribution in [1.29, 1.82) is 0 Å². The van der Waals surface area contributed by atoms with E-state index in [-0.39, 0.29) is 0 Å². The van der Waals surface area contributed by atoms with Crippen LogP contribution in [-0.2, 0) is 4.79 Å². The molecule has 5 nitrogen and oxygen atoms in total. The number of hydrogen-bond donors (Lipinski definition) is 0. The Labute approximate surface area is 131 Å². The van der Waals surface area contributed by atoms with Gasteiger partial charge in [-0.3, -0.25) is 4.79 Å². The Balaban J connectivity index is 1.47. The summed E-state index contributed by atoms with van der Waals surface area (Å²) in [7, 11) is 0. The SMILES string of the molecule is Cc1cc(N2CCCN(C(=O)C3CC3)CC2)nc(C2CC2)n1. The highest BCUT2D eigenvalue weighted by molar-refractivity contribution is 5.81. The quantitative estimate of drug-likeness (QED) is 0.858. The summed E-state index contributed by atoms with van der Waals surface area (Å²) in [5.41, 5.74) is 1.06. The van der Waals surface area contributed by atoms with Crippen LogP contribution in [0.4, 0.5) is 5.82 Å². The smallest absolute Gasteiger partial charge is 0.225 e. The molecule has 0 atom stereocenters. The van der Waals surface area contributed by atoms with Gasteiger partial charge in [0.25, 0.3) is 0 Å². The molecule has 2 saturated carbocycles. The van der Waals surface area contributed by atoms with E-state index in [4.69, 9.17) is 4.98 Å². The monoisotopic (exact) mass is 300 g/mol. The summed E-state index contributed by atoms with van der Waals surface area (Å²) in [4.78, 5) is 26.0. The second kappa shape index (κ2) is 5.52. The van der Waals surface area contributed by atoms with E-state index < -0.39 is 0 Å². The van der Waals surface area contributed by atoms with Gasteiger partial charge >= 0.3 is 0 Å². The minimum atomic E-state index is 0.328. The Hall–Kier alpha value is -1.65. The van der Waals surface area contributed by atoms with E-state index in [2.05, 4.69) is 27.8 Å². The molecule has 0 radical (unpaired) electrons. The van der Waals surface area contributed by atoms with Crippen LogP contribution in [0.2, 0.25) is 0 Å². The molecule has 4 rings (SSSR count). The standard InChI is InChI=1S/C17H24N4O/c1-12-11-15(19-16(18-12)13-3-4-13)20-7-2-8-21(10-9-20)17(22)14-5-6-14/h11,13-14H,2-10H2,1H3. The number of carbonyl (C=O) groups is 1. The van der Waals surface area contributed by atoms with Crippen molar-refractivity contribution in [1.82, 2.24) is 14.9 Å². The number of aryl methyl sites for hydroxylation is 1. The topological polar surface area (TPSA) is 49.3 Å². The van der Waals surface area contributed by atoms with Gasteiger partial charge in [0.15, 0.2) is 0 Å². The van der Waals surface area contributed by atoms with Crippen LogP contribution >= 0.6 is 0 Å². The van der Waals surface area contributed by atoms with Crippen molar-refractivity contribution < 1.29 is 4.79 Å². The zero-order chi connectivity index (χ0) is 15.1. The van der Waals surface area contributed by atoms with Gasteiger partial charge in [-0.05, 0) is 39.0 Å². The van der Waals surface area contributed by atoms with E-state index in [1.807, 2.05) is 0 Å². The normalized spacial score (nSPS) is 22.6. The lowest BCUT2D eigenvalue weighted by Crippen LogP contribution is -2.36. The third-order valence-electron chi connectivity index (χ3n) is 4.86. The molecule has 3 aliphatic rings. The van der Waals surface area contributed by atoms with Crippen molar-refractivity contribution in [3.63, 3.8) is 0 Å². The molecule has 2 aliphatic carbocycles. The number of nitrogens with zero attached hydrogens (tertiary/aromatic N) is 4. The highest BCUT2D eigenvalue weighted by Gasteiger charge is 2.34. The van der Waals surface area contributed by atoms with Gasteiger partial charge in [0.2, 0.25) is 5.91 Å². The molecule has 118 valence electrons. The number of anilines is 1. The number of hydrogen-bond acceptors (Lipinski definition) is 4. The Kier molecular flexibility index (Phi) is 3.51. The van der Waals surface area contributed by atoms with E-state index in [9.17, 15) is 4.79 Å². The Bertz CT molecular complexity index is 580. The molecule has 2 heterocycles. The second-order valence-corrected chi connectivity index (χ2v) is 6.94. The van der Waals surface area contributed by atoms with Crippen LogP contribution in [0.1, 0.15) is 49.5 Å². The number of rotatable bonds is 3. The summed E-state index contributed by atoms with van der Waals surface area (Å²) >= 11 is 0. The lowest BCUT2D eigenvalue weighted by Gasteiger charge is -2.23. The summed E-state index contributed by atoms with van der Waals surface area (Å²) in [5.74, 6) is 3.35. The van der Waals surface area contributed by atoms with Crippen LogP contribution < -0.4 is 4.90 Å². The maximum atomic E-state index is 12.2. The van der Waals surface area contributed by atoms with Crippen molar-refractivity contribution in [2.24, 2.45) is 5.92 Å². The summed E-state index contributed by atoms with van der Waals surface area (Å²) in [6.07, 6.45) is 5.67. The first kappa shape index (κ1) is 14.0. The fraction of sp³-hybridized carbons (Fsp3) is 0.706. The molecule has 1 amide bonds. The van der Waals surface area contributed by atoms with E-state index >= 15 is 0 Å². The third-order valence-corrected chi connectivity index (χ3v) is 4.86. The minimum Gasteiger partial charge on any atom is -0.355 e. The van der Waals surface area contributed by atoms with Gasteiger partial charge in [-0.1, -0.05) is 0 Å². The first-order valence-electron chi connectivity index (χ1n) is 8.60. The average Bonchev–Trinajstić information content (AvgIpc) is 3.41. The predicted octanol–water partition coefficient (Wildman–Crippen LogP) is 2.11.